The van der Waals surface area contributed by atoms with E-state index >= 15 is 0 Å². The molecule has 4 aromatic rings. The first-order valence-corrected chi connectivity index (χ1v) is 13.4. The van der Waals surface area contributed by atoms with Crippen molar-refractivity contribution >= 4 is 0 Å². The van der Waals surface area contributed by atoms with Crippen molar-refractivity contribution in [3.05, 3.63) is 54.1 Å². The zero-order valence-electron chi connectivity index (χ0n) is 26.3. The normalized spacial score (nSPS) is 10.6. The Morgan fingerprint density at radius 3 is 1.37 bits per heavy atom. The molecule has 43 heavy (non-hydrogen) atoms. The standard InChI is InChI=1S/C34H38O9/c1-19-25(20-13-22(35-2)17-23(14-20)36-3)18-26(24-11-12-27(37-4)34(43-10)32(24)41-8)31(40-7)30(19)21-15-28(38-5)33(42-9)29(16-21)39-6/h11-18H,1-10H3. The fourth-order valence-electron chi connectivity index (χ4n) is 5.32. The van der Waals surface area contributed by atoms with Gasteiger partial charge >= 0.3 is 0 Å². The van der Waals surface area contributed by atoms with Crippen molar-refractivity contribution in [2.75, 3.05) is 64.0 Å². The summed E-state index contributed by atoms with van der Waals surface area (Å²) in [7, 11) is 14.4. The van der Waals surface area contributed by atoms with Crippen LogP contribution >= 0.6 is 0 Å². The maximum atomic E-state index is 6.19. The smallest absolute Gasteiger partial charge is 0.203 e. The third-order valence-electron chi connectivity index (χ3n) is 7.35. The molecule has 4 aromatic carbocycles. The zero-order valence-corrected chi connectivity index (χ0v) is 26.3. The molecule has 0 spiro atoms. The maximum absolute atomic E-state index is 6.19. The number of rotatable bonds is 12. The van der Waals surface area contributed by atoms with Crippen LogP contribution in [0.15, 0.2) is 48.5 Å². The van der Waals surface area contributed by atoms with Crippen LogP contribution in [-0.4, -0.2) is 64.0 Å². The second-order valence-electron chi connectivity index (χ2n) is 9.40. The molecule has 9 nitrogen and oxygen atoms in total. The van der Waals surface area contributed by atoms with E-state index in [2.05, 4.69) is 6.07 Å². The fraction of sp³-hybridized carbons (Fsp3) is 0.294. The molecule has 0 saturated heterocycles. The van der Waals surface area contributed by atoms with Crippen LogP contribution in [0.3, 0.4) is 0 Å². The van der Waals surface area contributed by atoms with Crippen molar-refractivity contribution < 1.29 is 42.6 Å². The van der Waals surface area contributed by atoms with Crippen molar-refractivity contribution in [1.29, 1.82) is 0 Å². The molecule has 0 saturated carbocycles. The second kappa shape index (κ2) is 13.4. The maximum Gasteiger partial charge on any atom is 0.203 e. The summed E-state index contributed by atoms with van der Waals surface area (Å²) >= 11 is 0. The van der Waals surface area contributed by atoms with E-state index in [1.54, 1.807) is 64.0 Å². The molecule has 0 atom stereocenters. The summed E-state index contributed by atoms with van der Waals surface area (Å²) in [5.74, 6) is 4.92. The Hall–Kier alpha value is -4.92. The van der Waals surface area contributed by atoms with E-state index in [-0.39, 0.29) is 0 Å². The van der Waals surface area contributed by atoms with Gasteiger partial charge in [-0.25, -0.2) is 0 Å². The molecule has 0 N–H and O–H groups in total. The Morgan fingerprint density at radius 1 is 0.372 bits per heavy atom. The predicted octanol–water partition coefficient (Wildman–Crippen LogP) is 7.07. The Balaban J connectivity index is 2.20. The van der Waals surface area contributed by atoms with Crippen LogP contribution in [-0.2, 0) is 0 Å². The molecule has 0 radical (unpaired) electrons. The van der Waals surface area contributed by atoms with E-state index in [0.717, 1.165) is 38.9 Å². The first-order valence-electron chi connectivity index (χ1n) is 13.4. The van der Waals surface area contributed by atoms with Crippen LogP contribution < -0.4 is 42.6 Å². The highest BCUT2D eigenvalue weighted by Crippen LogP contribution is 2.53. The first kappa shape index (κ1) is 31.0. The van der Waals surface area contributed by atoms with Crippen molar-refractivity contribution in [2.45, 2.75) is 6.92 Å². The highest BCUT2D eigenvalue weighted by Gasteiger charge is 2.26. The van der Waals surface area contributed by atoms with Gasteiger partial charge in [-0.1, -0.05) is 0 Å². The quantitative estimate of drug-likeness (QED) is 0.172. The molecule has 9 heteroatoms. The van der Waals surface area contributed by atoms with Gasteiger partial charge in [-0.15, -0.1) is 0 Å². The molecule has 0 amide bonds. The van der Waals surface area contributed by atoms with E-state index in [9.17, 15) is 0 Å². The monoisotopic (exact) mass is 590 g/mol. The Kier molecular flexibility index (Phi) is 9.65. The number of hydrogen-bond donors (Lipinski definition) is 0. The van der Waals surface area contributed by atoms with Crippen LogP contribution in [0.4, 0.5) is 0 Å². The summed E-state index contributed by atoms with van der Waals surface area (Å²) in [5, 5.41) is 0. The van der Waals surface area contributed by atoms with E-state index in [1.165, 1.54) is 0 Å². The third kappa shape index (κ3) is 5.62. The summed E-state index contributed by atoms with van der Waals surface area (Å²) in [6, 6.07) is 15.4. The summed E-state index contributed by atoms with van der Waals surface area (Å²) in [4.78, 5) is 0. The lowest BCUT2D eigenvalue weighted by Crippen LogP contribution is -2.02. The molecular weight excluding hydrogens is 552 g/mol. The highest BCUT2D eigenvalue weighted by molar-refractivity contribution is 5.94. The van der Waals surface area contributed by atoms with Gasteiger partial charge in [0.2, 0.25) is 11.5 Å². The Bertz CT molecular complexity index is 1560. The number of ether oxygens (including phenoxy) is 9. The van der Waals surface area contributed by atoms with Crippen molar-refractivity contribution in [3.8, 4) is 85.1 Å². The predicted molar refractivity (Wildman–Crippen MR) is 166 cm³/mol. The van der Waals surface area contributed by atoms with E-state index in [1.807, 2.05) is 49.4 Å². The Morgan fingerprint density at radius 2 is 0.907 bits per heavy atom. The van der Waals surface area contributed by atoms with Crippen molar-refractivity contribution in [3.63, 3.8) is 0 Å². The molecule has 0 aliphatic heterocycles. The largest absolute Gasteiger partial charge is 0.497 e. The lowest BCUT2D eigenvalue weighted by atomic mass is 9.86. The van der Waals surface area contributed by atoms with E-state index in [4.69, 9.17) is 42.6 Å². The average Bonchev–Trinajstić information content (AvgIpc) is 3.05. The molecular formula is C34H38O9. The highest BCUT2D eigenvalue weighted by atomic mass is 16.5. The van der Waals surface area contributed by atoms with Gasteiger partial charge in [0.25, 0.3) is 0 Å². The molecule has 0 bridgehead atoms. The minimum atomic E-state index is 0.462. The van der Waals surface area contributed by atoms with Gasteiger partial charge in [0.05, 0.1) is 64.0 Å². The van der Waals surface area contributed by atoms with Gasteiger partial charge in [-0.3, -0.25) is 0 Å². The second-order valence-corrected chi connectivity index (χ2v) is 9.40. The molecule has 0 aliphatic rings. The van der Waals surface area contributed by atoms with Crippen molar-refractivity contribution in [1.82, 2.24) is 0 Å². The first-order chi connectivity index (χ1) is 20.8. The molecule has 0 fully saturated rings. The minimum absolute atomic E-state index is 0.462. The lowest BCUT2D eigenvalue weighted by molar-refractivity contribution is 0.324. The summed E-state index contributed by atoms with van der Waals surface area (Å²) < 4.78 is 51.6. The minimum Gasteiger partial charge on any atom is -0.497 e. The summed E-state index contributed by atoms with van der Waals surface area (Å²) in [5.41, 5.74) is 5.83. The SMILES string of the molecule is COc1cc(OC)cc(-c2cc(-c3ccc(OC)c(OC)c3OC)c(OC)c(-c3cc(OC)c(OC)c(OC)c3)c2C)c1. The fourth-order valence-corrected chi connectivity index (χ4v) is 5.32. The number of hydrogen-bond acceptors (Lipinski definition) is 9. The van der Waals surface area contributed by atoms with Gasteiger partial charge in [-0.2, -0.15) is 0 Å². The van der Waals surface area contributed by atoms with Crippen molar-refractivity contribution in [2.24, 2.45) is 0 Å². The molecule has 4 rings (SSSR count). The molecule has 0 unspecified atom stereocenters. The summed E-state index contributed by atoms with van der Waals surface area (Å²) in [6.45, 7) is 2.04. The van der Waals surface area contributed by atoms with Gasteiger partial charge in [0.1, 0.15) is 17.2 Å². The van der Waals surface area contributed by atoms with Gasteiger partial charge in [0, 0.05) is 22.8 Å². The Labute approximate surface area is 252 Å². The third-order valence-corrected chi connectivity index (χ3v) is 7.35. The van der Waals surface area contributed by atoms with Gasteiger partial charge in [0.15, 0.2) is 23.0 Å². The van der Waals surface area contributed by atoms with Crippen LogP contribution in [0.1, 0.15) is 5.56 Å². The van der Waals surface area contributed by atoms with Crippen LogP contribution in [0.2, 0.25) is 0 Å². The topological polar surface area (TPSA) is 83.1 Å². The molecule has 0 heterocycles. The lowest BCUT2D eigenvalue weighted by Gasteiger charge is -2.24. The van der Waals surface area contributed by atoms with Gasteiger partial charge < -0.3 is 42.6 Å². The van der Waals surface area contributed by atoms with E-state index < -0.39 is 0 Å². The van der Waals surface area contributed by atoms with Crippen LogP contribution in [0.25, 0.3) is 33.4 Å². The molecule has 228 valence electrons. The zero-order chi connectivity index (χ0) is 31.3. The van der Waals surface area contributed by atoms with E-state index in [0.29, 0.717) is 51.7 Å². The van der Waals surface area contributed by atoms with Gasteiger partial charge in [-0.05, 0) is 71.6 Å². The van der Waals surface area contributed by atoms with Crippen LogP contribution in [0, 0.1) is 6.92 Å². The molecule has 0 aliphatic carbocycles. The number of methoxy groups -OCH3 is 9. The average molecular weight is 591 g/mol. The van der Waals surface area contributed by atoms with Crippen LogP contribution in [0.5, 0.6) is 51.7 Å². The molecule has 0 aromatic heterocycles. The summed E-state index contributed by atoms with van der Waals surface area (Å²) in [6.07, 6.45) is 0. The number of benzene rings is 4.